The van der Waals surface area contributed by atoms with Crippen LogP contribution in [0.2, 0.25) is 0 Å². The monoisotopic (exact) mass is 242 g/mol. The summed E-state index contributed by atoms with van der Waals surface area (Å²) in [4.78, 5) is 8.91. The van der Waals surface area contributed by atoms with Crippen molar-refractivity contribution >= 4 is 11.4 Å². The molecule has 0 heterocycles. The van der Waals surface area contributed by atoms with Crippen LogP contribution in [0.1, 0.15) is 39.8 Å². The lowest BCUT2D eigenvalue weighted by Crippen LogP contribution is -2.26. The average molecular weight is 242 g/mol. The van der Waals surface area contributed by atoms with E-state index >= 15 is 0 Å². The molecule has 0 aliphatic heterocycles. The lowest BCUT2D eigenvalue weighted by molar-refractivity contribution is 0.981. The zero-order valence-corrected chi connectivity index (χ0v) is 12.3. The third kappa shape index (κ3) is 1.71. The van der Waals surface area contributed by atoms with E-state index in [9.17, 15) is 0 Å². The van der Waals surface area contributed by atoms with Gasteiger partial charge in [-0.1, -0.05) is 0 Å². The number of benzene rings is 1. The summed E-state index contributed by atoms with van der Waals surface area (Å²) in [5, 5.41) is 0. The number of fused-ring (bicyclic) bond motifs is 1. The number of rotatable bonds is 0. The fourth-order valence-corrected chi connectivity index (χ4v) is 2.99. The molecule has 2 heteroatoms. The molecule has 0 amide bonds. The highest BCUT2D eigenvalue weighted by Gasteiger charge is 2.25. The second-order valence-corrected chi connectivity index (χ2v) is 5.10. The van der Waals surface area contributed by atoms with E-state index in [0.717, 1.165) is 24.3 Å². The van der Waals surface area contributed by atoms with Crippen LogP contribution in [0, 0.1) is 27.7 Å². The highest BCUT2D eigenvalue weighted by atomic mass is 14.8. The Kier molecular flexibility index (Phi) is 3.38. The van der Waals surface area contributed by atoms with Gasteiger partial charge >= 0.3 is 0 Å². The van der Waals surface area contributed by atoms with Gasteiger partial charge in [-0.15, -0.1) is 0 Å². The summed E-state index contributed by atoms with van der Waals surface area (Å²) >= 11 is 0. The first-order chi connectivity index (χ1) is 8.52. The number of hydrogen-bond acceptors (Lipinski definition) is 2. The molecule has 0 saturated heterocycles. The van der Waals surface area contributed by atoms with Crippen LogP contribution in [-0.4, -0.2) is 25.5 Å². The highest BCUT2D eigenvalue weighted by molar-refractivity contribution is 6.49. The number of nitrogens with zero attached hydrogens (tertiary/aromatic N) is 2. The fourth-order valence-electron chi connectivity index (χ4n) is 2.99. The van der Waals surface area contributed by atoms with Crippen LogP contribution in [0.25, 0.3) is 0 Å². The molecular weight excluding hydrogens is 220 g/mol. The van der Waals surface area contributed by atoms with Gasteiger partial charge in [-0.25, -0.2) is 0 Å². The summed E-state index contributed by atoms with van der Waals surface area (Å²) in [6.07, 6.45) is 2.10. The summed E-state index contributed by atoms with van der Waals surface area (Å²) in [5.74, 6) is 0. The van der Waals surface area contributed by atoms with Crippen LogP contribution < -0.4 is 0 Å². The molecule has 18 heavy (non-hydrogen) atoms. The first-order valence-corrected chi connectivity index (χ1v) is 6.55. The maximum absolute atomic E-state index is 4.50. The lowest BCUT2D eigenvalue weighted by atomic mass is 9.79. The smallest absolute Gasteiger partial charge is 0.0859 e. The molecule has 0 bridgehead atoms. The van der Waals surface area contributed by atoms with Gasteiger partial charge in [0, 0.05) is 19.7 Å². The Balaban J connectivity index is 2.83. The van der Waals surface area contributed by atoms with Crippen molar-refractivity contribution in [1.29, 1.82) is 0 Å². The Morgan fingerprint density at radius 1 is 0.722 bits per heavy atom. The van der Waals surface area contributed by atoms with Gasteiger partial charge in [0.15, 0.2) is 0 Å². The Bertz CT molecular complexity index is 563. The van der Waals surface area contributed by atoms with E-state index in [0.29, 0.717) is 0 Å². The van der Waals surface area contributed by atoms with Gasteiger partial charge in [0.25, 0.3) is 0 Å². The van der Waals surface area contributed by atoms with E-state index < -0.39 is 0 Å². The minimum absolute atomic E-state index is 1.01. The van der Waals surface area contributed by atoms with Crippen molar-refractivity contribution in [1.82, 2.24) is 0 Å². The third-order valence-electron chi connectivity index (χ3n) is 4.43. The average Bonchev–Trinajstić information content (AvgIpc) is 2.40. The first kappa shape index (κ1) is 13.0. The van der Waals surface area contributed by atoms with Crippen LogP contribution >= 0.6 is 0 Å². The van der Waals surface area contributed by atoms with Crippen molar-refractivity contribution in [3.63, 3.8) is 0 Å². The zero-order chi connectivity index (χ0) is 13.4. The molecule has 0 radical (unpaired) electrons. The molecule has 1 aromatic rings. The normalized spacial score (nSPS) is 19.4. The van der Waals surface area contributed by atoms with Crippen LogP contribution in [0.4, 0.5) is 0 Å². The molecule has 0 saturated carbocycles. The van der Waals surface area contributed by atoms with Crippen molar-refractivity contribution < 1.29 is 0 Å². The Morgan fingerprint density at radius 3 is 1.89 bits per heavy atom. The summed E-state index contributed by atoms with van der Waals surface area (Å²) in [6, 6.07) is 0. The molecule has 1 aliphatic rings. The van der Waals surface area contributed by atoms with E-state index in [-0.39, 0.29) is 0 Å². The van der Waals surface area contributed by atoms with E-state index in [1.54, 1.807) is 0 Å². The second-order valence-electron chi connectivity index (χ2n) is 5.10. The van der Waals surface area contributed by atoms with Gasteiger partial charge in [-0.2, -0.15) is 0 Å². The molecule has 96 valence electrons. The molecule has 1 aliphatic carbocycles. The maximum Gasteiger partial charge on any atom is 0.0859 e. The quantitative estimate of drug-likeness (QED) is 0.666. The summed E-state index contributed by atoms with van der Waals surface area (Å²) in [7, 11) is 3.74. The molecule has 2 rings (SSSR count). The van der Waals surface area contributed by atoms with Gasteiger partial charge < -0.3 is 0 Å². The van der Waals surface area contributed by atoms with Gasteiger partial charge in [-0.05, 0) is 68.4 Å². The van der Waals surface area contributed by atoms with Crippen LogP contribution in [0.15, 0.2) is 9.98 Å². The summed E-state index contributed by atoms with van der Waals surface area (Å²) in [6.45, 7) is 8.89. The SMILES string of the molecule is CN=C1CCc2c(C)c(C)c(C)c(C)c2C1=NC. The summed E-state index contributed by atoms with van der Waals surface area (Å²) in [5.41, 5.74) is 10.7. The van der Waals surface area contributed by atoms with Crippen molar-refractivity contribution in [2.75, 3.05) is 14.1 Å². The predicted octanol–water partition coefficient (Wildman–Crippen LogP) is 3.36. The van der Waals surface area contributed by atoms with Crippen molar-refractivity contribution in [3.05, 3.63) is 33.4 Å². The van der Waals surface area contributed by atoms with E-state index in [1.165, 1.54) is 33.4 Å². The van der Waals surface area contributed by atoms with Crippen molar-refractivity contribution in [3.8, 4) is 0 Å². The minimum Gasteiger partial charge on any atom is -0.291 e. The van der Waals surface area contributed by atoms with E-state index in [4.69, 9.17) is 0 Å². The topological polar surface area (TPSA) is 24.7 Å². The Morgan fingerprint density at radius 2 is 1.33 bits per heavy atom. The van der Waals surface area contributed by atoms with Crippen molar-refractivity contribution in [2.24, 2.45) is 9.98 Å². The second kappa shape index (κ2) is 4.68. The number of hydrogen-bond donors (Lipinski definition) is 0. The van der Waals surface area contributed by atoms with Crippen LogP contribution in [0.3, 0.4) is 0 Å². The van der Waals surface area contributed by atoms with Gasteiger partial charge in [0.05, 0.1) is 11.4 Å². The van der Waals surface area contributed by atoms with Crippen LogP contribution in [-0.2, 0) is 6.42 Å². The molecule has 2 nitrogen and oxygen atoms in total. The predicted molar refractivity (Wildman–Crippen MR) is 79.5 cm³/mol. The van der Waals surface area contributed by atoms with Crippen LogP contribution in [0.5, 0.6) is 0 Å². The van der Waals surface area contributed by atoms with Gasteiger partial charge in [0.2, 0.25) is 0 Å². The van der Waals surface area contributed by atoms with E-state index in [1.807, 2.05) is 14.1 Å². The van der Waals surface area contributed by atoms with Gasteiger partial charge in [-0.3, -0.25) is 9.98 Å². The zero-order valence-electron chi connectivity index (χ0n) is 12.3. The fraction of sp³-hybridized carbons (Fsp3) is 0.500. The standard InChI is InChI=1S/C16H22N2/c1-9-10(2)12(4)15-13(11(9)3)7-8-14(17-5)16(15)18-6/h7-8H2,1-6H3. The molecule has 0 N–H and O–H groups in total. The largest absolute Gasteiger partial charge is 0.291 e. The van der Waals surface area contributed by atoms with E-state index in [2.05, 4.69) is 37.7 Å². The molecule has 1 aromatic carbocycles. The Hall–Kier alpha value is -1.44. The molecule has 0 fully saturated rings. The van der Waals surface area contributed by atoms with Crippen molar-refractivity contribution in [2.45, 2.75) is 40.5 Å². The molecule has 0 aromatic heterocycles. The highest BCUT2D eigenvalue weighted by Crippen LogP contribution is 2.31. The first-order valence-electron chi connectivity index (χ1n) is 6.55. The maximum atomic E-state index is 4.50. The lowest BCUT2D eigenvalue weighted by Gasteiger charge is -2.26. The summed E-state index contributed by atoms with van der Waals surface area (Å²) < 4.78 is 0. The Labute approximate surface area is 110 Å². The van der Waals surface area contributed by atoms with Gasteiger partial charge in [0.1, 0.15) is 0 Å². The molecule has 0 atom stereocenters. The minimum atomic E-state index is 1.01. The number of aliphatic imine (C=N–C) groups is 2. The molecular formula is C16H22N2. The molecule has 0 unspecified atom stereocenters. The molecule has 0 spiro atoms. The third-order valence-corrected chi connectivity index (χ3v) is 4.43.